The molecule has 0 aliphatic carbocycles. The maximum Gasteiger partial charge on any atom is 0.339 e. The maximum absolute atomic E-state index is 13.8. The molecule has 160 valence electrons. The Labute approximate surface area is 177 Å². The predicted molar refractivity (Wildman–Crippen MR) is 114 cm³/mol. The van der Waals surface area contributed by atoms with Crippen LogP contribution in [0.5, 0.6) is 0 Å². The Hall–Kier alpha value is -2.64. The first-order chi connectivity index (χ1) is 14.3. The van der Waals surface area contributed by atoms with E-state index in [1.165, 1.54) is 11.4 Å². The second kappa shape index (κ2) is 9.02. The van der Waals surface area contributed by atoms with E-state index in [-0.39, 0.29) is 22.6 Å². The Kier molecular flexibility index (Phi) is 6.63. The van der Waals surface area contributed by atoms with Crippen LogP contribution in [0.4, 0.5) is 0 Å². The van der Waals surface area contributed by atoms with E-state index in [0.717, 1.165) is 12.0 Å². The maximum atomic E-state index is 13.8. The SMILES string of the molecule is CCC[C@@H]1CC(O)=C(C(=O)OC)[C@H](c2ccccc2)N1S(=O)(=O)c1ccc(C)cc1. The summed E-state index contributed by atoms with van der Waals surface area (Å²) in [5.74, 6) is -0.857. The Balaban J connectivity index is 2.26. The van der Waals surface area contributed by atoms with E-state index in [9.17, 15) is 18.3 Å². The molecule has 1 aliphatic rings. The van der Waals surface area contributed by atoms with Crippen LogP contribution in [0.1, 0.15) is 43.4 Å². The van der Waals surface area contributed by atoms with Crippen molar-refractivity contribution in [3.05, 3.63) is 77.1 Å². The third-order valence-corrected chi connectivity index (χ3v) is 7.30. The molecule has 7 heteroatoms. The lowest BCUT2D eigenvalue weighted by atomic mass is 9.89. The molecule has 0 bridgehead atoms. The first-order valence-electron chi connectivity index (χ1n) is 9.96. The third kappa shape index (κ3) is 4.13. The zero-order valence-corrected chi connectivity index (χ0v) is 18.2. The van der Waals surface area contributed by atoms with E-state index in [2.05, 4.69) is 0 Å². The van der Waals surface area contributed by atoms with Crippen molar-refractivity contribution in [3.8, 4) is 0 Å². The number of sulfonamides is 1. The topological polar surface area (TPSA) is 83.9 Å². The molecule has 2 aromatic rings. The Bertz CT molecular complexity index is 1030. The number of carbonyl (C=O) groups excluding carboxylic acids is 1. The zero-order chi connectivity index (χ0) is 21.9. The number of methoxy groups -OCH3 is 1. The Morgan fingerprint density at radius 3 is 2.33 bits per heavy atom. The van der Waals surface area contributed by atoms with Gasteiger partial charge in [-0.25, -0.2) is 13.2 Å². The number of benzene rings is 2. The molecule has 1 heterocycles. The summed E-state index contributed by atoms with van der Waals surface area (Å²) in [4.78, 5) is 12.8. The van der Waals surface area contributed by atoms with E-state index in [0.29, 0.717) is 12.0 Å². The number of aliphatic hydroxyl groups excluding tert-OH is 1. The summed E-state index contributed by atoms with van der Waals surface area (Å²) in [6.45, 7) is 3.85. The van der Waals surface area contributed by atoms with Gasteiger partial charge in [-0.15, -0.1) is 0 Å². The molecule has 0 spiro atoms. The average Bonchev–Trinajstić information content (AvgIpc) is 2.73. The highest BCUT2D eigenvalue weighted by Crippen LogP contribution is 2.43. The predicted octanol–water partition coefficient (Wildman–Crippen LogP) is 4.28. The summed E-state index contributed by atoms with van der Waals surface area (Å²) in [5, 5.41) is 10.7. The van der Waals surface area contributed by atoms with Crippen molar-refractivity contribution in [3.63, 3.8) is 0 Å². The molecule has 30 heavy (non-hydrogen) atoms. The summed E-state index contributed by atoms with van der Waals surface area (Å²) in [6.07, 6.45) is 1.34. The monoisotopic (exact) mass is 429 g/mol. The minimum absolute atomic E-state index is 0.0354. The van der Waals surface area contributed by atoms with Gasteiger partial charge in [-0.3, -0.25) is 0 Å². The van der Waals surface area contributed by atoms with E-state index in [4.69, 9.17) is 4.74 Å². The fourth-order valence-corrected chi connectivity index (χ4v) is 5.74. The molecule has 0 saturated heterocycles. The van der Waals surface area contributed by atoms with E-state index in [1.807, 2.05) is 19.9 Å². The van der Waals surface area contributed by atoms with Gasteiger partial charge >= 0.3 is 5.97 Å². The lowest BCUT2D eigenvalue weighted by Crippen LogP contribution is -2.48. The molecular formula is C23H27NO5S. The van der Waals surface area contributed by atoms with Crippen LogP contribution >= 0.6 is 0 Å². The number of carbonyl (C=O) groups is 1. The number of esters is 1. The van der Waals surface area contributed by atoms with Crippen LogP contribution < -0.4 is 0 Å². The van der Waals surface area contributed by atoms with Crippen molar-refractivity contribution >= 4 is 16.0 Å². The van der Waals surface area contributed by atoms with Crippen LogP contribution in [0.25, 0.3) is 0 Å². The molecular weight excluding hydrogens is 402 g/mol. The van der Waals surface area contributed by atoms with Crippen molar-refractivity contribution in [2.45, 2.75) is 50.1 Å². The molecule has 1 N–H and O–H groups in total. The molecule has 0 aromatic heterocycles. The van der Waals surface area contributed by atoms with E-state index >= 15 is 0 Å². The van der Waals surface area contributed by atoms with Gasteiger partial charge in [0.2, 0.25) is 10.0 Å². The summed E-state index contributed by atoms with van der Waals surface area (Å²) < 4.78 is 33.9. The summed E-state index contributed by atoms with van der Waals surface area (Å²) >= 11 is 0. The highest BCUT2D eigenvalue weighted by atomic mass is 32.2. The second-order valence-electron chi connectivity index (χ2n) is 7.46. The number of aryl methyl sites for hydroxylation is 1. The van der Waals surface area contributed by atoms with Crippen molar-refractivity contribution in [1.82, 2.24) is 4.31 Å². The minimum atomic E-state index is -3.97. The average molecular weight is 430 g/mol. The van der Waals surface area contributed by atoms with Gasteiger partial charge in [-0.05, 0) is 31.0 Å². The molecule has 3 rings (SSSR count). The van der Waals surface area contributed by atoms with Gasteiger partial charge in [0.1, 0.15) is 5.76 Å². The number of aliphatic hydroxyl groups is 1. The van der Waals surface area contributed by atoms with Crippen molar-refractivity contribution in [2.24, 2.45) is 0 Å². The second-order valence-corrected chi connectivity index (χ2v) is 9.30. The molecule has 0 radical (unpaired) electrons. The van der Waals surface area contributed by atoms with Gasteiger partial charge in [0.05, 0.1) is 23.6 Å². The van der Waals surface area contributed by atoms with Gasteiger partial charge in [0.25, 0.3) is 0 Å². The van der Waals surface area contributed by atoms with Crippen LogP contribution in [0, 0.1) is 6.92 Å². The number of rotatable bonds is 6. The van der Waals surface area contributed by atoms with Crippen LogP contribution in [-0.2, 0) is 19.6 Å². The summed E-state index contributed by atoms with van der Waals surface area (Å²) in [7, 11) is -2.74. The summed E-state index contributed by atoms with van der Waals surface area (Å²) in [5.41, 5.74) is 1.51. The molecule has 2 aromatic carbocycles. The molecule has 1 aliphatic heterocycles. The number of ether oxygens (including phenoxy) is 1. The van der Waals surface area contributed by atoms with E-state index in [1.54, 1.807) is 48.5 Å². The largest absolute Gasteiger partial charge is 0.512 e. The van der Waals surface area contributed by atoms with Gasteiger partial charge in [0, 0.05) is 12.5 Å². The minimum Gasteiger partial charge on any atom is -0.512 e. The standard InChI is InChI=1S/C23H27NO5S/c1-4-8-18-15-20(25)21(23(26)29-3)22(17-9-6-5-7-10-17)24(18)30(27,28)19-13-11-16(2)12-14-19/h5-7,9-14,18,22,25H,4,8,15H2,1-3H3/t18-,22+/m1/s1. The molecule has 2 atom stereocenters. The molecule has 0 unspecified atom stereocenters. The number of nitrogens with zero attached hydrogens (tertiary/aromatic N) is 1. The summed E-state index contributed by atoms with van der Waals surface area (Å²) in [6, 6.07) is 14.1. The molecule has 0 amide bonds. The fraction of sp³-hybridized carbons (Fsp3) is 0.348. The molecule has 6 nitrogen and oxygen atoms in total. The number of hydrogen-bond acceptors (Lipinski definition) is 5. The lowest BCUT2D eigenvalue weighted by Gasteiger charge is -2.41. The van der Waals surface area contributed by atoms with Crippen molar-refractivity contribution in [1.29, 1.82) is 0 Å². The van der Waals surface area contributed by atoms with Gasteiger partial charge in [-0.1, -0.05) is 61.4 Å². The first-order valence-corrected chi connectivity index (χ1v) is 11.4. The van der Waals surface area contributed by atoms with Crippen molar-refractivity contribution < 1.29 is 23.1 Å². The third-order valence-electron chi connectivity index (χ3n) is 5.37. The first kappa shape index (κ1) is 22.1. The number of hydrogen-bond donors (Lipinski definition) is 1. The van der Waals surface area contributed by atoms with Gasteiger partial charge in [0.15, 0.2) is 0 Å². The molecule has 0 saturated carbocycles. The van der Waals surface area contributed by atoms with Crippen molar-refractivity contribution in [2.75, 3.05) is 7.11 Å². The Morgan fingerprint density at radius 2 is 1.77 bits per heavy atom. The highest BCUT2D eigenvalue weighted by Gasteiger charge is 2.46. The normalized spacial score (nSPS) is 20.2. The zero-order valence-electron chi connectivity index (χ0n) is 17.4. The molecule has 0 fully saturated rings. The smallest absolute Gasteiger partial charge is 0.339 e. The Morgan fingerprint density at radius 1 is 1.13 bits per heavy atom. The fourth-order valence-electron chi connectivity index (χ4n) is 3.94. The van der Waals surface area contributed by atoms with Crippen LogP contribution in [0.2, 0.25) is 0 Å². The van der Waals surface area contributed by atoms with Crippen LogP contribution in [-0.4, -0.2) is 37.0 Å². The van der Waals surface area contributed by atoms with E-state index < -0.39 is 28.1 Å². The lowest BCUT2D eigenvalue weighted by molar-refractivity contribution is -0.137. The quantitative estimate of drug-likeness (QED) is 0.693. The van der Waals surface area contributed by atoms with Crippen LogP contribution in [0.3, 0.4) is 0 Å². The van der Waals surface area contributed by atoms with Gasteiger partial charge in [-0.2, -0.15) is 4.31 Å². The highest BCUT2D eigenvalue weighted by molar-refractivity contribution is 7.89. The van der Waals surface area contributed by atoms with Crippen LogP contribution in [0.15, 0.2) is 70.8 Å². The van der Waals surface area contributed by atoms with Gasteiger partial charge < -0.3 is 9.84 Å².